The van der Waals surface area contributed by atoms with Gasteiger partial charge >= 0.3 is 0 Å². The van der Waals surface area contributed by atoms with Crippen LogP contribution in [-0.4, -0.2) is 24.5 Å². The fraction of sp³-hybridized carbons (Fsp3) is 0.438. The third kappa shape index (κ3) is 5.97. The van der Waals surface area contributed by atoms with E-state index in [0.717, 1.165) is 5.56 Å². The maximum atomic E-state index is 13.7. The molecule has 0 fully saturated rings. The van der Waals surface area contributed by atoms with Crippen LogP contribution in [0.25, 0.3) is 6.08 Å². The zero-order valence-electron chi connectivity index (χ0n) is 12.4. The lowest BCUT2D eigenvalue weighted by Gasteiger charge is -2.17. The molecule has 1 aromatic rings. The number of hydrogen-bond acceptors (Lipinski definition) is 3. The molecule has 20 heavy (non-hydrogen) atoms. The van der Waals surface area contributed by atoms with Crippen LogP contribution in [0.1, 0.15) is 33.3 Å². The van der Waals surface area contributed by atoms with Gasteiger partial charge in [0.25, 0.3) is 0 Å². The second-order valence-electron chi connectivity index (χ2n) is 5.13. The van der Waals surface area contributed by atoms with E-state index >= 15 is 0 Å². The summed E-state index contributed by atoms with van der Waals surface area (Å²) >= 11 is 0. The molecule has 0 radical (unpaired) electrons. The zero-order valence-corrected chi connectivity index (χ0v) is 12.4. The molecular weight excluding hydrogens is 257 g/mol. The monoisotopic (exact) mass is 279 g/mol. The van der Waals surface area contributed by atoms with Gasteiger partial charge in [0.05, 0.1) is 0 Å². The first kappa shape index (κ1) is 16.4. The highest BCUT2D eigenvalue weighted by Crippen LogP contribution is 2.21. The van der Waals surface area contributed by atoms with E-state index in [2.05, 4.69) is 5.32 Å². The molecule has 0 aliphatic heterocycles. The van der Waals surface area contributed by atoms with E-state index in [1.807, 2.05) is 20.8 Å². The molecule has 1 aromatic carbocycles. The molecule has 0 saturated carbocycles. The summed E-state index contributed by atoms with van der Waals surface area (Å²) in [5.41, 5.74) is 0.737. The van der Waals surface area contributed by atoms with E-state index in [0.29, 0.717) is 12.6 Å². The predicted molar refractivity (Wildman–Crippen MR) is 79.3 cm³/mol. The number of ether oxygens (including phenoxy) is 1. The zero-order chi connectivity index (χ0) is 15.1. The largest absolute Gasteiger partial charge is 0.486 e. The van der Waals surface area contributed by atoms with Gasteiger partial charge in [-0.1, -0.05) is 26.0 Å². The van der Waals surface area contributed by atoms with Crippen molar-refractivity contribution in [3.63, 3.8) is 0 Å². The maximum absolute atomic E-state index is 13.7. The number of benzene rings is 1. The van der Waals surface area contributed by atoms with E-state index < -0.39 is 5.82 Å². The summed E-state index contributed by atoms with van der Waals surface area (Å²) in [5, 5.41) is 3.23. The number of carbonyl (C=O) groups excluding carboxylic acids is 1. The van der Waals surface area contributed by atoms with E-state index in [4.69, 9.17) is 4.74 Å². The van der Waals surface area contributed by atoms with E-state index in [9.17, 15) is 9.18 Å². The van der Waals surface area contributed by atoms with Crippen molar-refractivity contribution in [2.24, 2.45) is 0 Å². The summed E-state index contributed by atoms with van der Waals surface area (Å²) in [5.74, 6) is -0.249. The Morgan fingerprint density at radius 1 is 1.40 bits per heavy atom. The van der Waals surface area contributed by atoms with E-state index in [1.165, 1.54) is 19.1 Å². The van der Waals surface area contributed by atoms with Gasteiger partial charge < -0.3 is 10.1 Å². The van der Waals surface area contributed by atoms with Gasteiger partial charge in [0.2, 0.25) is 0 Å². The van der Waals surface area contributed by atoms with E-state index in [1.54, 1.807) is 18.2 Å². The van der Waals surface area contributed by atoms with Crippen LogP contribution in [0.5, 0.6) is 5.75 Å². The molecule has 0 saturated heterocycles. The van der Waals surface area contributed by atoms with Crippen molar-refractivity contribution in [2.45, 2.75) is 39.8 Å². The number of carbonyl (C=O) groups is 1. The van der Waals surface area contributed by atoms with Gasteiger partial charge in [-0.2, -0.15) is 0 Å². The van der Waals surface area contributed by atoms with Crippen LogP contribution < -0.4 is 10.1 Å². The molecule has 0 aliphatic rings. The number of ketones is 1. The molecular formula is C16H22FNO2. The van der Waals surface area contributed by atoms with Gasteiger partial charge in [-0.15, -0.1) is 0 Å². The minimum Gasteiger partial charge on any atom is -0.486 e. The normalized spacial score (nSPS) is 12.9. The highest BCUT2D eigenvalue weighted by Gasteiger charge is 2.09. The SMILES string of the molecule is CC(=O)/C=C/c1ccc(F)c(O[C@H](C)CNC(C)C)c1. The first-order chi connectivity index (χ1) is 9.38. The Labute approximate surface area is 119 Å². The highest BCUT2D eigenvalue weighted by molar-refractivity contribution is 5.91. The Bertz CT molecular complexity index is 483. The Morgan fingerprint density at radius 3 is 2.70 bits per heavy atom. The molecule has 3 nitrogen and oxygen atoms in total. The molecule has 1 N–H and O–H groups in total. The first-order valence-corrected chi connectivity index (χ1v) is 6.76. The van der Waals surface area contributed by atoms with Gasteiger partial charge in [-0.25, -0.2) is 4.39 Å². The Hall–Kier alpha value is -1.68. The first-order valence-electron chi connectivity index (χ1n) is 6.76. The van der Waals surface area contributed by atoms with Crippen molar-refractivity contribution in [3.8, 4) is 5.75 Å². The molecule has 1 rings (SSSR count). The average molecular weight is 279 g/mol. The van der Waals surface area contributed by atoms with Gasteiger partial charge in [-0.3, -0.25) is 4.79 Å². The highest BCUT2D eigenvalue weighted by atomic mass is 19.1. The van der Waals surface area contributed by atoms with Crippen molar-refractivity contribution < 1.29 is 13.9 Å². The quantitative estimate of drug-likeness (QED) is 0.779. The molecule has 0 aliphatic carbocycles. The third-order valence-corrected chi connectivity index (χ3v) is 2.61. The summed E-state index contributed by atoms with van der Waals surface area (Å²) in [6.07, 6.45) is 2.95. The molecule has 4 heteroatoms. The lowest BCUT2D eigenvalue weighted by atomic mass is 10.2. The molecule has 0 aromatic heterocycles. The van der Waals surface area contributed by atoms with Gasteiger partial charge in [-0.05, 0) is 37.6 Å². The Kier molecular flexibility index (Phi) is 6.39. The second kappa shape index (κ2) is 7.80. The Balaban J connectivity index is 2.73. The van der Waals surface area contributed by atoms with Crippen molar-refractivity contribution in [3.05, 3.63) is 35.7 Å². The second-order valence-corrected chi connectivity index (χ2v) is 5.13. The molecule has 0 spiro atoms. The van der Waals surface area contributed by atoms with Crippen LogP contribution in [0.4, 0.5) is 4.39 Å². The fourth-order valence-corrected chi connectivity index (χ4v) is 1.59. The molecule has 0 bridgehead atoms. The van der Waals surface area contributed by atoms with Crippen LogP contribution in [0.15, 0.2) is 24.3 Å². The third-order valence-electron chi connectivity index (χ3n) is 2.61. The minimum atomic E-state index is -0.402. The lowest BCUT2D eigenvalue weighted by Crippen LogP contribution is -2.33. The van der Waals surface area contributed by atoms with Crippen LogP contribution in [0.2, 0.25) is 0 Å². The van der Waals surface area contributed by atoms with Crippen LogP contribution in [0.3, 0.4) is 0 Å². The molecule has 0 heterocycles. The molecule has 1 atom stereocenters. The fourth-order valence-electron chi connectivity index (χ4n) is 1.59. The molecule has 0 amide bonds. The van der Waals surface area contributed by atoms with E-state index in [-0.39, 0.29) is 17.6 Å². The van der Waals surface area contributed by atoms with Crippen molar-refractivity contribution in [1.82, 2.24) is 5.32 Å². The summed E-state index contributed by atoms with van der Waals surface area (Å²) < 4.78 is 19.3. The average Bonchev–Trinajstić information content (AvgIpc) is 2.37. The number of hydrogen-bond donors (Lipinski definition) is 1. The smallest absolute Gasteiger partial charge is 0.165 e. The van der Waals surface area contributed by atoms with Crippen LogP contribution in [-0.2, 0) is 4.79 Å². The predicted octanol–water partition coefficient (Wildman–Crippen LogP) is 3.19. The number of halogens is 1. The Morgan fingerprint density at radius 2 is 2.10 bits per heavy atom. The van der Waals surface area contributed by atoms with Crippen LogP contribution >= 0.6 is 0 Å². The van der Waals surface area contributed by atoms with Gasteiger partial charge in [0.15, 0.2) is 17.3 Å². The number of allylic oxidation sites excluding steroid dienone is 1. The molecule has 0 unspecified atom stereocenters. The van der Waals surface area contributed by atoms with Crippen LogP contribution in [0, 0.1) is 5.82 Å². The maximum Gasteiger partial charge on any atom is 0.165 e. The van der Waals surface area contributed by atoms with Gasteiger partial charge in [0.1, 0.15) is 6.10 Å². The number of rotatable bonds is 7. The summed E-state index contributed by atoms with van der Waals surface area (Å²) in [7, 11) is 0. The minimum absolute atomic E-state index is 0.0497. The van der Waals surface area contributed by atoms with Gasteiger partial charge in [0, 0.05) is 12.6 Å². The lowest BCUT2D eigenvalue weighted by molar-refractivity contribution is -0.112. The summed E-state index contributed by atoms with van der Waals surface area (Å²) in [4.78, 5) is 10.9. The summed E-state index contributed by atoms with van der Waals surface area (Å²) in [6, 6.07) is 4.91. The topological polar surface area (TPSA) is 38.3 Å². The molecule has 110 valence electrons. The number of nitrogens with one attached hydrogen (secondary N) is 1. The van der Waals surface area contributed by atoms with Crippen molar-refractivity contribution in [2.75, 3.05) is 6.54 Å². The summed E-state index contributed by atoms with van der Waals surface area (Å²) in [6.45, 7) is 8.08. The van der Waals surface area contributed by atoms with Crippen molar-refractivity contribution in [1.29, 1.82) is 0 Å². The standard InChI is InChI=1S/C16H22FNO2/c1-11(2)18-10-13(4)20-16-9-14(6-5-12(3)19)7-8-15(16)17/h5-9,11,13,18H,10H2,1-4H3/b6-5+/t13-/m1/s1. The van der Waals surface area contributed by atoms with Crippen molar-refractivity contribution >= 4 is 11.9 Å².